The molecular weight excluding hydrogens is 240 g/mol. The number of hydrogen-bond donors (Lipinski definition) is 2. The molecule has 1 aromatic rings. The van der Waals surface area contributed by atoms with Crippen LogP contribution in [0.1, 0.15) is 32.3 Å². The molecule has 0 aliphatic heterocycles. The molecule has 0 aliphatic carbocycles. The quantitative estimate of drug-likeness (QED) is 0.558. The van der Waals surface area contributed by atoms with Crippen LogP contribution in [0.5, 0.6) is 0 Å². The number of hydrogen-bond acceptors (Lipinski definition) is 3. The molecule has 0 aromatic heterocycles. The lowest BCUT2D eigenvalue weighted by atomic mass is 10.1. The Morgan fingerprint density at radius 3 is 2.84 bits per heavy atom. The summed E-state index contributed by atoms with van der Waals surface area (Å²) in [6, 6.07) is 7.91. The third kappa shape index (κ3) is 6.25. The fourth-order valence-corrected chi connectivity index (χ4v) is 1.93. The summed E-state index contributed by atoms with van der Waals surface area (Å²) in [5.74, 6) is -0.0537. The molecular formula is C15H24N2O2. The van der Waals surface area contributed by atoms with Crippen molar-refractivity contribution in [1.82, 2.24) is 5.32 Å². The van der Waals surface area contributed by atoms with Gasteiger partial charge in [-0.3, -0.25) is 4.79 Å². The van der Waals surface area contributed by atoms with Gasteiger partial charge in [-0.1, -0.05) is 31.5 Å². The summed E-state index contributed by atoms with van der Waals surface area (Å²) in [7, 11) is 0. The van der Waals surface area contributed by atoms with Gasteiger partial charge in [0, 0.05) is 11.7 Å². The maximum atomic E-state index is 11.5. The Morgan fingerprint density at radius 1 is 1.42 bits per heavy atom. The SMILES string of the molecule is CCCC(C)NC(=O)COCCc1ccccc1N. The Labute approximate surface area is 115 Å². The molecule has 0 saturated carbocycles. The molecule has 0 saturated heterocycles. The maximum Gasteiger partial charge on any atom is 0.246 e. The number of carbonyl (C=O) groups is 1. The lowest BCUT2D eigenvalue weighted by Gasteiger charge is -2.12. The van der Waals surface area contributed by atoms with Crippen molar-refractivity contribution >= 4 is 11.6 Å². The number of nitrogen functional groups attached to an aromatic ring is 1. The van der Waals surface area contributed by atoms with Crippen LogP contribution in [0, 0.1) is 0 Å². The first kappa shape index (κ1) is 15.5. The van der Waals surface area contributed by atoms with E-state index in [2.05, 4.69) is 12.2 Å². The Balaban J connectivity index is 2.17. The highest BCUT2D eigenvalue weighted by atomic mass is 16.5. The standard InChI is InChI=1S/C15H24N2O2/c1-3-6-12(2)17-15(18)11-19-10-9-13-7-4-5-8-14(13)16/h4-5,7-8,12H,3,6,9-11,16H2,1-2H3,(H,17,18). The number of carbonyl (C=O) groups excluding carboxylic acids is 1. The first-order valence-corrected chi connectivity index (χ1v) is 6.84. The summed E-state index contributed by atoms with van der Waals surface area (Å²) < 4.78 is 5.37. The van der Waals surface area contributed by atoms with Gasteiger partial charge in [-0.25, -0.2) is 0 Å². The van der Waals surface area contributed by atoms with Crippen LogP contribution in [0.3, 0.4) is 0 Å². The van der Waals surface area contributed by atoms with E-state index in [1.165, 1.54) is 0 Å². The van der Waals surface area contributed by atoms with Crippen molar-refractivity contribution < 1.29 is 9.53 Å². The van der Waals surface area contributed by atoms with Crippen LogP contribution in [0.25, 0.3) is 0 Å². The van der Waals surface area contributed by atoms with E-state index < -0.39 is 0 Å². The van der Waals surface area contributed by atoms with Crippen molar-refractivity contribution in [3.8, 4) is 0 Å². The van der Waals surface area contributed by atoms with Gasteiger partial charge in [-0.05, 0) is 31.4 Å². The first-order chi connectivity index (χ1) is 9.13. The van der Waals surface area contributed by atoms with Crippen molar-refractivity contribution in [1.29, 1.82) is 0 Å². The van der Waals surface area contributed by atoms with Crippen LogP contribution in [0.15, 0.2) is 24.3 Å². The molecule has 0 fully saturated rings. The molecule has 19 heavy (non-hydrogen) atoms. The number of anilines is 1. The minimum absolute atomic E-state index is 0.0537. The second-order valence-corrected chi connectivity index (χ2v) is 4.76. The summed E-state index contributed by atoms with van der Waals surface area (Å²) >= 11 is 0. The van der Waals surface area contributed by atoms with Crippen LogP contribution in [-0.2, 0) is 16.0 Å². The minimum atomic E-state index is -0.0537. The van der Waals surface area contributed by atoms with Crippen LogP contribution in [0.4, 0.5) is 5.69 Å². The van der Waals surface area contributed by atoms with E-state index in [0.29, 0.717) is 6.61 Å². The highest BCUT2D eigenvalue weighted by molar-refractivity contribution is 5.77. The molecule has 4 nitrogen and oxygen atoms in total. The van der Waals surface area contributed by atoms with Gasteiger partial charge < -0.3 is 15.8 Å². The van der Waals surface area contributed by atoms with Crippen molar-refractivity contribution in [2.75, 3.05) is 18.9 Å². The summed E-state index contributed by atoms with van der Waals surface area (Å²) in [5.41, 5.74) is 7.66. The Hall–Kier alpha value is -1.55. The molecule has 0 aliphatic rings. The molecule has 0 heterocycles. The monoisotopic (exact) mass is 264 g/mol. The first-order valence-electron chi connectivity index (χ1n) is 6.84. The van der Waals surface area contributed by atoms with E-state index >= 15 is 0 Å². The van der Waals surface area contributed by atoms with Gasteiger partial charge in [-0.2, -0.15) is 0 Å². The average molecular weight is 264 g/mol. The molecule has 1 aromatic carbocycles. The third-order valence-electron chi connectivity index (χ3n) is 2.93. The molecule has 0 radical (unpaired) electrons. The van der Waals surface area contributed by atoms with Crippen molar-refractivity contribution in [3.05, 3.63) is 29.8 Å². The van der Waals surface area contributed by atoms with Crippen LogP contribution in [0.2, 0.25) is 0 Å². The lowest BCUT2D eigenvalue weighted by Crippen LogP contribution is -2.35. The highest BCUT2D eigenvalue weighted by Crippen LogP contribution is 2.10. The van der Waals surface area contributed by atoms with E-state index in [-0.39, 0.29) is 18.6 Å². The van der Waals surface area contributed by atoms with Crippen LogP contribution < -0.4 is 11.1 Å². The summed E-state index contributed by atoms with van der Waals surface area (Å²) in [4.78, 5) is 11.5. The molecule has 1 rings (SSSR count). The van der Waals surface area contributed by atoms with Crippen molar-refractivity contribution in [3.63, 3.8) is 0 Å². The number of para-hydroxylation sites is 1. The van der Waals surface area contributed by atoms with E-state index in [1.807, 2.05) is 31.2 Å². The number of nitrogens with two attached hydrogens (primary N) is 1. The number of ether oxygens (including phenoxy) is 1. The number of amides is 1. The smallest absolute Gasteiger partial charge is 0.246 e. The summed E-state index contributed by atoms with van der Waals surface area (Å²) in [6.07, 6.45) is 2.78. The normalized spacial score (nSPS) is 12.1. The topological polar surface area (TPSA) is 64.3 Å². The van der Waals surface area contributed by atoms with Gasteiger partial charge >= 0.3 is 0 Å². The van der Waals surface area contributed by atoms with Gasteiger partial charge in [0.1, 0.15) is 6.61 Å². The Kier molecular flexibility index (Phi) is 6.97. The fraction of sp³-hybridized carbons (Fsp3) is 0.533. The van der Waals surface area contributed by atoms with Crippen molar-refractivity contribution in [2.45, 2.75) is 39.2 Å². The zero-order chi connectivity index (χ0) is 14.1. The number of benzene rings is 1. The molecule has 1 unspecified atom stereocenters. The minimum Gasteiger partial charge on any atom is -0.399 e. The predicted octanol–water partition coefficient (Wildman–Crippen LogP) is 2.13. The van der Waals surface area contributed by atoms with Crippen LogP contribution >= 0.6 is 0 Å². The zero-order valence-electron chi connectivity index (χ0n) is 11.8. The lowest BCUT2D eigenvalue weighted by molar-refractivity contribution is -0.126. The second kappa shape index (κ2) is 8.53. The average Bonchev–Trinajstić information content (AvgIpc) is 2.36. The van der Waals surface area contributed by atoms with E-state index in [4.69, 9.17) is 10.5 Å². The van der Waals surface area contributed by atoms with Crippen LogP contribution in [-0.4, -0.2) is 25.2 Å². The van der Waals surface area contributed by atoms with Crippen molar-refractivity contribution in [2.24, 2.45) is 0 Å². The van der Waals surface area contributed by atoms with E-state index in [1.54, 1.807) is 0 Å². The molecule has 3 N–H and O–H groups in total. The highest BCUT2D eigenvalue weighted by Gasteiger charge is 2.06. The molecule has 1 atom stereocenters. The molecule has 0 spiro atoms. The van der Waals surface area contributed by atoms with Gasteiger partial charge in [0.15, 0.2) is 0 Å². The van der Waals surface area contributed by atoms with Gasteiger partial charge in [0.25, 0.3) is 0 Å². The summed E-state index contributed by atoms with van der Waals surface area (Å²) in [6.45, 7) is 4.72. The number of nitrogens with one attached hydrogen (secondary N) is 1. The van der Waals surface area contributed by atoms with Gasteiger partial charge in [0.05, 0.1) is 6.61 Å². The molecule has 1 amide bonds. The molecule has 4 heteroatoms. The third-order valence-corrected chi connectivity index (χ3v) is 2.93. The Morgan fingerprint density at radius 2 is 2.16 bits per heavy atom. The van der Waals surface area contributed by atoms with E-state index in [9.17, 15) is 4.79 Å². The fourth-order valence-electron chi connectivity index (χ4n) is 1.93. The largest absolute Gasteiger partial charge is 0.399 e. The molecule has 0 bridgehead atoms. The molecule has 106 valence electrons. The Bertz CT molecular complexity index is 393. The van der Waals surface area contributed by atoms with E-state index in [0.717, 1.165) is 30.5 Å². The van der Waals surface area contributed by atoms with Gasteiger partial charge in [-0.15, -0.1) is 0 Å². The zero-order valence-corrected chi connectivity index (χ0v) is 11.8. The number of rotatable bonds is 8. The summed E-state index contributed by atoms with van der Waals surface area (Å²) in [5, 5.41) is 2.90. The predicted molar refractivity (Wildman–Crippen MR) is 77.9 cm³/mol. The van der Waals surface area contributed by atoms with Gasteiger partial charge in [0.2, 0.25) is 5.91 Å². The maximum absolute atomic E-state index is 11.5. The second-order valence-electron chi connectivity index (χ2n) is 4.76.